The second-order valence-corrected chi connectivity index (χ2v) is 7.76. The van der Waals surface area contributed by atoms with Gasteiger partial charge in [0.2, 0.25) is 5.91 Å². The van der Waals surface area contributed by atoms with Gasteiger partial charge in [0.05, 0.1) is 6.61 Å². The van der Waals surface area contributed by atoms with E-state index in [-0.39, 0.29) is 6.61 Å². The van der Waals surface area contributed by atoms with Crippen molar-refractivity contribution in [1.29, 1.82) is 0 Å². The topological polar surface area (TPSA) is 140 Å². The van der Waals surface area contributed by atoms with Gasteiger partial charge in [-0.25, -0.2) is 4.52 Å². The van der Waals surface area contributed by atoms with Crippen LogP contribution in [0.2, 0.25) is 0 Å². The van der Waals surface area contributed by atoms with Crippen molar-refractivity contribution in [2.45, 2.75) is 44.1 Å². The number of carbonyl (C=O) groups is 1. The molecule has 2 aliphatic rings. The summed E-state index contributed by atoms with van der Waals surface area (Å²) in [6, 6.07) is 6.66. The van der Waals surface area contributed by atoms with E-state index in [1.54, 1.807) is 38.1 Å². The third-order valence-electron chi connectivity index (χ3n) is 4.06. The second-order valence-electron chi connectivity index (χ2n) is 6.47. The van der Waals surface area contributed by atoms with Gasteiger partial charge in [-0.15, -0.1) is 0 Å². The minimum absolute atomic E-state index is 0.288. The van der Waals surface area contributed by atoms with Gasteiger partial charge in [-0.2, -0.15) is 4.57 Å². The first-order chi connectivity index (χ1) is 11.6. The molecule has 0 bridgehead atoms. The fourth-order valence-corrected chi connectivity index (χ4v) is 3.48. The molecule has 5 N–H and O–H groups in total. The standard InChI is InChI=1S/C15H20NO8P/c1-15(2)23-12-10(7-21-25(18,19)20)22-11(13(12)24-15)8-4-3-5-9(6-8)14(16)17/h3-6,10-13H,7H2,1-2H3,(H2,16,17)(H2,18,19,20)/p+1/t10-,11+,12+,13?/m1/s1. The summed E-state index contributed by atoms with van der Waals surface area (Å²) >= 11 is 0. The van der Waals surface area contributed by atoms with Gasteiger partial charge in [0.1, 0.15) is 24.4 Å². The van der Waals surface area contributed by atoms with Crippen LogP contribution in [0, 0.1) is 0 Å². The van der Waals surface area contributed by atoms with E-state index in [0.717, 1.165) is 0 Å². The van der Waals surface area contributed by atoms with Gasteiger partial charge in [-0.3, -0.25) is 9.69 Å². The van der Waals surface area contributed by atoms with Crippen molar-refractivity contribution in [3.63, 3.8) is 0 Å². The summed E-state index contributed by atoms with van der Waals surface area (Å²) in [4.78, 5) is 27.4. The summed E-state index contributed by atoms with van der Waals surface area (Å²) in [6.07, 6.45) is -2.29. The van der Waals surface area contributed by atoms with Crippen LogP contribution in [0.1, 0.15) is 35.9 Å². The molecule has 138 valence electrons. The van der Waals surface area contributed by atoms with Crippen LogP contribution in [0.5, 0.6) is 0 Å². The number of fused-ring (bicyclic) bond motifs is 1. The second kappa shape index (κ2) is 6.44. The SMILES string of the molecule is CC1(C)OC2[C@@H](O1)[C@@H](COP(=O)(O)[OH2+])O[C@H]2c1cccc(C(N)=O)c1. The Bertz CT molecular complexity index is 717. The Labute approximate surface area is 144 Å². The highest BCUT2D eigenvalue weighted by Gasteiger charge is 2.56. The minimum Gasteiger partial charge on any atom is -0.368 e. The molecule has 9 nitrogen and oxygen atoms in total. The van der Waals surface area contributed by atoms with Crippen LogP contribution in [0.4, 0.5) is 0 Å². The first-order valence-corrected chi connectivity index (χ1v) is 9.27. The zero-order chi connectivity index (χ0) is 18.4. The van der Waals surface area contributed by atoms with Crippen LogP contribution in [-0.4, -0.2) is 46.4 Å². The van der Waals surface area contributed by atoms with Gasteiger partial charge in [-0.1, -0.05) is 12.1 Å². The third kappa shape index (κ3) is 4.09. The molecular formula is C15H21NO8P+. The van der Waals surface area contributed by atoms with Crippen LogP contribution in [0.3, 0.4) is 0 Å². The molecular weight excluding hydrogens is 353 g/mol. The van der Waals surface area contributed by atoms with Crippen LogP contribution in [0.25, 0.3) is 0 Å². The van der Waals surface area contributed by atoms with Crippen LogP contribution in [0.15, 0.2) is 24.3 Å². The zero-order valence-electron chi connectivity index (χ0n) is 13.7. The van der Waals surface area contributed by atoms with Crippen molar-refractivity contribution < 1.29 is 37.9 Å². The lowest BCUT2D eigenvalue weighted by molar-refractivity contribution is -0.190. The smallest absolute Gasteiger partial charge is 0.368 e. The molecule has 0 saturated carbocycles. The summed E-state index contributed by atoms with van der Waals surface area (Å²) in [5, 5.41) is 0. The molecule has 10 heteroatoms. The highest BCUT2D eigenvalue weighted by atomic mass is 31.2. The summed E-state index contributed by atoms with van der Waals surface area (Å²) in [6.45, 7) is 3.22. The van der Waals surface area contributed by atoms with E-state index in [1.807, 2.05) is 0 Å². The molecule has 1 aromatic rings. The molecule has 2 heterocycles. The highest BCUT2D eigenvalue weighted by Crippen LogP contribution is 2.46. The van der Waals surface area contributed by atoms with E-state index in [4.69, 9.17) is 29.7 Å². The quantitative estimate of drug-likeness (QED) is 0.567. The van der Waals surface area contributed by atoms with Crippen molar-refractivity contribution in [2.75, 3.05) is 6.61 Å². The molecule has 1 aromatic carbocycles. The summed E-state index contributed by atoms with van der Waals surface area (Å²) in [7, 11) is -4.39. The minimum atomic E-state index is -4.39. The maximum atomic E-state index is 11.4. The molecule has 2 fully saturated rings. The number of benzene rings is 1. The number of carbonyl (C=O) groups excluding carboxylic acids is 1. The fraction of sp³-hybridized carbons (Fsp3) is 0.533. The Balaban J connectivity index is 1.86. The number of amides is 1. The van der Waals surface area contributed by atoms with Gasteiger partial charge < -0.3 is 24.8 Å². The van der Waals surface area contributed by atoms with E-state index in [0.29, 0.717) is 11.1 Å². The lowest BCUT2D eigenvalue weighted by Gasteiger charge is -2.24. The fourth-order valence-electron chi connectivity index (χ4n) is 3.13. The Morgan fingerprint density at radius 3 is 2.72 bits per heavy atom. The van der Waals surface area contributed by atoms with Crippen molar-refractivity contribution in [2.24, 2.45) is 5.73 Å². The van der Waals surface area contributed by atoms with Crippen molar-refractivity contribution >= 4 is 13.7 Å². The number of hydrogen-bond donors (Lipinski definition) is 2. The van der Waals surface area contributed by atoms with Crippen LogP contribution < -0.4 is 5.73 Å². The lowest BCUT2D eigenvalue weighted by atomic mass is 10.00. The number of nitrogens with two attached hydrogens (primary N) is 1. The maximum absolute atomic E-state index is 11.4. The molecule has 2 unspecified atom stereocenters. The molecule has 0 aromatic heterocycles. The monoisotopic (exact) mass is 374 g/mol. The summed E-state index contributed by atoms with van der Waals surface area (Å²) in [5.74, 6) is -1.42. The van der Waals surface area contributed by atoms with Crippen molar-refractivity contribution in [3.8, 4) is 0 Å². The van der Waals surface area contributed by atoms with Gasteiger partial charge in [0.15, 0.2) is 5.79 Å². The number of hydrogen-bond acceptors (Lipinski definition) is 6. The largest absolute Gasteiger partial charge is 0.631 e. The van der Waals surface area contributed by atoms with Gasteiger partial charge in [-0.05, 0) is 31.5 Å². The van der Waals surface area contributed by atoms with Gasteiger partial charge in [0, 0.05) is 5.56 Å². The van der Waals surface area contributed by atoms with Crippen molar-refractivity contribution in [3.05, 3.63) is 35.4 Å². The lowest BCUT2D eigenvalue weighted by Crippen LogP contribution is -2.32. The average Bonchev–Trinajstić information content (AvgIpc) is 2.97. The van der Waals surface area contributed by atoms with E-state index < -0.39 is 43.9 Å². The molecule has 0 spiro atoms. The molecule has 1 amide bonds. The molecule has 5 atom stereocenters. The van der Waals surface area contributed by atoms with E-state index in [2.05, 4.69) is 4.52 Å². The molecule has 25 heavy (non-hydrogen) atoms. The first-order valence-electron chi connectivity index (χ1n) is 7.69. The Kier molecular flexibility index (Phi) is 4.76. The molecule has 0 radical (unpaired) electrons. The normalized spacial score (nSPS) is 33.0. The predicted octanol–water partition coefficient (Wildman–Crippen LogP) is 0.587. The number of rotatable bonds is 5. The Morgan fingerprint density at radius 1 is 1.40 bits per heavy atom. The predicted molar refractivity (Wildman–Crippen MR) is 85.8 cm³/mol. The average molecular weight is 374 g/mol. The third-order valence-corrected chi connectivity index (χ3v) is 4.56. The Morgan fingerprint density at radius 2 is 2.08 bits per heavy atom. The summed E-state index contributed by atoms with van der Waals surface area (Å²) in [5.41, 5.74) is 6.33. The molecule has 0 aliphatic carbocycles. The Hall–Kier alpha value is -1.32. The van der Waals surface area contributed by atoms with E-state index in [9.17, 15) is 9.36 Å². The van der Waals surface area contributed by atoms with Gasteiger partial charge >= 0.3 is 7.82 Å². The molecule has 2 saturated heterocycles. The number of primary amides is 1. The van der Waals surface area contributed by atoms with Crippen LogP contribution >= 0.6 is 7.82 Å². The molecule has 2 aliphatic heterocycles. The summed E-state index contributed by atoms with van der Waals surface area (Å²) < 4.78 is 33.4. The number of ether oxygens (including phenoxy) is 3. The van der Waals surface area contributed by atoms with E-state index >= 15 is 0 Å². The van der Waals surface area contributed by atoms with Crippen LogP contribution in [-0.2, 0) is 23.3 Å². The molecule has 3 rings (SSSR count). The first kappa shape index (κ1) is 18.5. The highest BCUT2D eigenvalue weighted by molar-refractivity contribution is 7.46. The zero-order valence-corrected chi connectivity index (χ0v) is 14.6. The van der Waals surface area contributed by atoms with E-state index in [1.165, 1.54) is 0 Å². The maximum Gasteiger partial charge on any atom is 0.631 e. The van der Waals surface area contributed by atoms with Gasteiger partial charge in [0.25, 0.3) is 0 Å². The van der Waals surface area contributed by atoms with Crippen molar-refractivity contribution in [1.82, 2.24) is 0 Å².